The third kappa shape index (κ3) is 6.22. The molecule has 4 rings (SSSR count). The molecule has 3 aromatic carbocycles. The Labute approximate surface area is 169 Å². The molecule has 1 aliphatic rings. The maximum atomic E-state index is 10.6. The lowest BCUT2D eigenvalue weighted by Gasteiger charge is -2.09. The van der Waals surface area contributed by atoms with Crippen LogP contribution in [0.2, 0.25) is 0 Å². The maximum absolute atomic E-state index is 10.6. The van der Waals surface area contributed by atoms with Gasteiger partial charge in [0.25, 0.3) is 0 Å². The summed E-state index contributed by atoms with van der Waals surface area (Å²) in [6, 6.07) is 21.1. The molecule has 0 aromatic heterocycles. The van der Waals surface area contributed by atoms with Crippen molar-refractivity contribution in [3.8, 4) is 0 Å². The van der Waals surface area contributed by atoms with E-state index in [4.69, 9.17) is 15.6 Å². The fraction of sp³-hybridized carbons (Fsp3) is 0.182. The molecule has 0 spiro atoms. The SMILES string of the molecule is C[C@H](N)c1cccc2ccccc12.NC(N)=O.O=C(O)[C@@H]1Cc2ccccc2N1. The molecule has 8 N–H and O–H groups in total. The Bertz CT molecular complexity index is 954. The minimum Gasteiger partial charge on any atom is -0.480 e. The van der Waals surface area contributed by atoms with Crippen LogP contribution in [0.3, 0.4) is 0 Å². The standard InChI is InChI=1S/C12H13N.C9H9NO2.CH4N2O/c1-9(13)11-8-4-6-10-5-2-3-7-12(10)11;11-9(12)8-5-6-3-1-2-4-7(6)10-8;2-1(3)4/h2-9H,13H2,1H3;1-4,8,10H,5H2,(H,11,12);(H4,2,3,4)/t9-;8-;/m00./s1. The second-order valence-corrected chi connectivity index (χ2v) is 6.66. The molecule has 0 fully saturated rings. The van der Waals surface area contributed by atoms with Crippen molar-refractivity contribution >= 4 is 28.5 Å². The molecule has 152 valence electrons. The van der Waals surface area contributed by atoms with E-state index in [1.54, 1.807) is 0 Å². The van der Waals surface area contributed by atoms with Crippen molar-refractivity contribution in [2.24, 2.45) is 17.2 Å². The van der Waals surface area contributed by atoms with Crippen LogP contribution < -0.4 is 22.5 Å². The molecule has 0 saturated heterocycles. The van der Waals surface area contributed by atoms with Gasteiger partial charge in [-0.15, -0.1) is 0 Å². The van der Waals surface area contributed by atoms with Gasteiger partial charge in [-0.05, 0) is 34.9 Å². The van der Waals surface area contributed by atoms with Crippen molar-refractivity contribution in [3.05, 3.63) is 77.9 Å². The number of rotatable bonds is 2. The summed E-state index contributed by atoms with van der Waals surface area (Å²) in [7, 11) is 0. The molecule has 2 atom stereocenters. The number of fused-ring (bicyclic) bond motifs is 2. The molecule has 7 nitrogen and oxygen atoms in total. The summed E-state index contributed by atoms with van der Waals surface area (Å²) < 4.78 is 0. The highest BCUT2D eigenvalue weighted by atomic mass is 16.4. The van der Waals surface area contributed by atoms with Gasteiger partial charge in [-0.25, -0.2) is 9.59 Å². The van der Waals surface area contributed by atoms with E-state index in [0.717, 1.165) is 11.3 Å². The molecule has 29 heavy (non-hydrogen) atoms. The number of nitrogens with one attached hydrogen (secondary N) is 1. The highest BCUT2D eigenvalue weighted by Crippen LogP contribution is 2.25. The molecule has 1 aliphatic heterocycles. The van der Waals surface area contributed by atoms with E-state index in [9.17, 15) is 4.79 Å². The first-order valence-electron chi connectivity index (χ1n) is 9.15. The normalized spacial score (nSPS) is 14.9. The summed E-state index contributed by atoms with van der Waals surface area (Å²) in [5.41, 5.74) is 17.6. The predicted octanol–water partition coefficient (Wildman–Crippen LogP) is 2.99. The summed E-state index contributed by atoms with van der Waals surface area (Å²) in [5.74, 6) is -0.786. The van der Waals surface area contributed by atoms with Crippen LogP contribution in [-0.2, 0) is 11.2 Å². The van der Waals surface area contributed by atoms with Crippen LogP contribution in [0, 0.1) is 0 Å². The van der Waals surface area contributed by atoms with Crippen molar-refractivity contribution in [2.75, 3.05) is 5.32 Å². The number of hydrogen-bond donors (Lipinski definition) is 5. The number of urea groups is 1. The first-order valence-corrected chi connectivity index (χ1v) is 9.15. The second kappa shape index (κ2) is 10.1. The monoisotopic (exact) mass is 394 g/mol. The molecule has 0 aliphatic carbocycles. The third-order valence-corrected chi connectivity index (χ3v) is 4.38. The zero-order chi connectivity index (χ0) is 21.4. The summed E-state index contributed by atoms with van der Waals surface area (Å²) >= 11 is 0. The first-order chi connectivity index (χ1) is 13.8. The molecule has 1 heterocycles. The average Bonchev–Trinajstić information content (AvgIpc) is 3.12. The summed E-state index contributed by atoms with van der Waals surface area (Å²) in [6.45, 7) is 2.02. The quantitative estimate of drug-likeness (QED) is 0.454. The van der Waals surface area contributed by atoms with E-state index in [-0.39, 0.29) is 6.04 Å². The Hall–Kier alpha value is -3.58. The lowest BCUT2D eigenvalue weighted by molar-refractivity contribution is -0.137. The summed E-state index contributed by atoms with van der Waals surface area (Å²) in [5, 5.41) is 14.2. The van der Waals surface area contributed by atoms with E-state index >= 15 is 0 Å². The highest BCUT2D eigenvalue weighted by molar-refractivity contribution is 5.86. The largest absolute Gasteiger partial charge is 0.480 e. The van der Waals surface area contributed by atoms with Crippen LogP contribution in [0.15, 0.2) is 66.7 Å². The van der Waals surface area contributed by atoms with E-state index in [1.165, 1.54) is 16.3 Å². The van der Waals surface area contributed by atoms with Gasteiger partial charge in [-0.3, -0.25) is 0 Å². The van der Waals surface area contributed by atoms with Gasteiger partial charge in [0.1, 0.15) is 6.04 Å². The van der Waals surface area contributed by atoms with Crippen molar-refractivity contribution in [3.63, 3.8) is 0 Å². The Balaban J connectivity index is 0.000000176. The lowest BCUT2D eigenvalue weighted by Crippen LogP contribution is -2.26. The number of primary amides is 2. The van der Waals surface area contributed by atoms with Gasteiger partial charge < -0.3 is 27.6 Å². The molecule has 0 radical (unpaired) electrons. The molecule has 3 aromatic rings. The Kier molecular flexibility index (Phi) is 7.56. The number of amides is 2. The lowest BCUT2D eigenvalue weighted by atomic mass is 10.0. The molecular formula is C22H26N4O3. The Morgan fingerprint density at radius 2 is 1.59 bits per heavy atom. The van der Waals surface area contributed by atoms with Crippen LogP contribution in [0.25, 0.3) is 10.8 Å². The van der Waals surface area contributed by atoms with Crippen LogP contribution >= 0.6 is 0 Å². The zero-order valence-corrected chi connectivity index (χ0v) is 16.2. The maximum Gasteiger partial charge on any atom is 0.326 e. The van der Waals surface area contributed by atoms with Gasteiger partial charge in [-0.2, -0.15) is 0 Å². The van der Waals surface area contributed by atoms with Crippen molar-refractivity contribution < 1.29 is 14.7 Å². The first kappa shape index (κ1) is 21.7. The number of carbonyl (C=O) groups excluding carboxylic acids is 1. The van der Waals surface area contributed by atoms with Gasteiger partial charge in [-0.1, -0.05) is 60.7 Å². The minimum atomic E-state index is -0.833. The fourth-order valence-electron chi connectivity index (χ4n) is 3.09. The van der Waals surface area contributed by atoms with Gasteiger partial charge in [0.05, 0.1) is 0 Å². The number of hydrogen-bond acceptors (Lipinski definition) is 4. The highest BCUT2D eigenvalue weighted by Gasteiger charge is 2.25. The summed E-state index contributed by atoms with van der Waals surface area (Å²) in [6.07, 6.45) is 0.589. The topological polar surface area (TPSA) is 144 Å². The van der Waals surface area contributed by atoms with Crippen molar-refractivity contribution in [1.82, 2.24) is 0 Å². The fourth-order valence-corrected chi connectivity index (χ4v) is 3.09. The molecule has 7 heteroatoms. The number of anilines is 1. The molecule has 2 amide bonds. The van der Waals surface area contributed by atoms with Crippen LogP contribution in [0.5, 0.6) is 0 Å². The number of para-hydroxylation sites is 1. The zero-order valence-electron chi connectivity index (χ0n) is 16.2. The second-order valence-electron chi connectivity index (χ2n) is 6.66. The van der Waals surface area contributed by atoms with Crippen molar-refractivity contribution in [2.45, 2.75) is 25.4 Å². The van der Waals surface area contributed by atoms with E-state index in [0.29, 0.717) is 6.42 Å². The van der Waals surface area contributed by atoms with Gasteiger partial charge in [0.2, 0.25) is 0 Å². The number of carboxylic acid groups (broad SMARTS) is 1. The number of aliphatic carboxylic acids is 1. The van der Waals surface area contributed by atoms with Crippen LogP contribution in [-0.4, -0.2) is 23.1 Å². The molecule has 0 saturated carbocycles. The van der Waals surface area contributed by atoms with Crippen LogP contribution in [0.4, 0.5) is 10.5 Å². The Morgan fingerprint density at radius 1 is 1.00 bits per heavy atom. The number of carbonyl (C=O) groups is 2. The molecule has 0 bridgehead atoms. The van der Waals surface area contributed by atoms with E-state index in [1.807, 2.05) is 43.3 Å². The number of nitrogens with two attached hydrogens (primary N) is 3. The number of benzene rings is 3. The Morgan fingerprint density at radius 3 is 2.21 bits per heavy atom. The minimum absolute atomic E-state index is 0.103. The van der Waals surface area contributed by atoms with E-state index < -0.39 is 18.0 Å². The van der Waals surface area contributed by atoms with Gasteiger partial charge >= 0.3 is 12.0 Å². The van der Waals surface area contributed by atoms with Crippen molar-refractivity contribution in [1.29, 1.82) is 0 Å². The summed E-state index contributed by atoms with van der Waals surface area (Å²) in [4.78, 5) is 19.6. The third-order valence-electron chi connectivity index (χ3n) is 4.38. The molecular weight excluding hydrogens is 368 g/mol. The number of carboxylic acids is 1. The molecule has 0 unspecified atom stereocenters. The van der Waals surface area contributed by atoms with Gasteiger partial charge in [0, 0.05) is 18.2 Å². The smallest absolute Gasteiger partial charge is 0.326 e. The predicted molar refractivity (Wildman–Crippen MR) is 116 cm³/mol. The van der Waals surface area contributed by atoms with Gasteiger partial charge in [0.15, 0.2) is 0 Å². The van der Waals surface area contributed by atoms with Crippen LogP contribution in [0.1, 0.15) is 24.1 Å². The average molecular weight is 394 g/mol. The van der Waals surface area contributed by atoms with E-state index in [2.05, 4.69) is 47.1 Å².